The maximum absolute atomic E-state index is 12.3. The summed E-state index contributed by atoms with van der Waals surface area (Å²) in [6, 6.07) is -0.384. The number of hydrogen-bond donors (Lipinski definition) is 3. The van der Waals surface area contributed by atoms with Crippen molar-refractivity contribution in [2.75, 3.05) is 16.9 Å². The second kappa shape index (κ2) is 5.94. The zero-order chi connectivity index (χ0) is 15.6. The zero-order valence-corrected chi connectivity index (χ0v) is 12.8. The topological polar surface area (TPSA) is 127 Å². The molecule has 2 heterocycles. The van der Waals surface area contributed by atoms with E-state index in [4.69, 9.17) is 5.84 Å². The lowest BCUT2D eigenvalue weighted by Crippen LogP contribution is -2.37. The summed E-state index contributed by atoms with van der Waals surface area (Å²) in [7, 11) is -3.05. The average molecular weight is 313 g/mol. The summed E-state index contributed by atoms with van der Waals surface area (Å²) in [5.41, 5.74) is 2.81. The van der Waals surface area contributed by atoms with Crippen LogP contribution in [0.2, 0.25) is 0 Å². The van der Waals surface area contributed by atoms with Gasteiger partial charge in [0.05, 0.1) is 23.4 Å². The highest BCUT2D eigenvalue weighted by molar-refractivity contribution is 7.91. The van der Waals surface area contributed by atoms with Gasteiger partial charge in [0.1, 0.15) is 5.82 Å². The molecular formula is C12H19N5O3S. The minimum atomic E-state index is -3.05. The van der Waals surface area contributed by atoms with E-state index in [0.717, 1.165) is 0 Å². The van der Waals surface area contributed by atoms with Crippen molar-refractivity contribution in [2.45, 2.75) is 32.2 Å². The van der Waals surface area contributed by atoms with Gasteiger partial charge in [-0.1, -0.05) is 13.8 Å². The van der Waals surface area contributed by atoms with Crippen molar-refractivity contribution < 1.29 is 13.2 Å². The highest BCUT2D eigenvalue weighted by Crippen LogP contribution is 2.17. The van der Waals surface area contributed by atoms with E-state index < -0.39 is 15.7 Å². The summed E-state index contributed by atoms with van der Waals surface area (Å²) in [5.74, 6) is 5.56. The van der Waals surface area contributed by atoms with Crippen LogP contribution in [0.4, 0.5) is 5.69 Å². The Balaban J connectivity index is 2.20. The second-order valence-corrected chi connectivity index (χ2v) is 7.59. The summed E-state index contributed by atoms with van der Waals surface area (Å²) in [4.78, 5) is 20.6. The molecule has 1 amide bonds. The predicted molar refractivity (Wildman–Crippen MR) is 78.5 cm³/mol. The van der Waals surface area contributed by atoms with Crippen LogP contribution >= 0.6 is 0 Å². The van der Waals surface area contributed by atoms with Crippen LogP contribution < -0.4 is 16.6 Å². The Morgan fingerprint density at radius 3 is 2.71 bits per heavy atom. The maximum atomic E-state index is 12.3. The normalized spacial score (nSPS) is 20.5. The number of aromatic nitrogens is 2. The Morgan fingerprint density at radius 2 is 2.19 bits per heavy atom. The van der Waals surface area contributed by atoms with Gasteiger partial charge in [0.25, 0.3) is 5.91 Å². The van der Waals surface area contributed by atoms with Gasteiger partial charge in [-0.05, 0) is 6.42 Å². The largest absolute Gasteiger partial charge is 0.347 e. The van der Waals surface area contributed by atoms with E-state index in [1.54, 1.807) is 0 Å². The van der Waals surface area contributed by atoms with Crippen molar-refractivity contribution in [1.29, 1.82) is 0 Å². The molecule has 1 unspecified atom stereocenters. The maximum Gasteiger partial charge on any atom is 0.272 e. The Hall–Kier alpha value is -1.74. The molecule has 1 aromatic heterocycles. The van der Waals surface area contributed by atoms with Crippen molar-refractivity contribution >= 4 is 21.4 Å². The Morgan fingerprint density at radius 1 is 1.48 bits per heavy atom. The molecule has 4 N–H and O–H groups in total. The highest BCUT2D eigenvalue weighted by Gasteiger charge is 2.30. The number of rotatable bonds is 4. The van der Waals surface area contributed by atoms with Crippen LogP contribution in [0.5, 0.6) is 0 Å². The van der Waals surface area contributed by atoms with Crippen LogP contribution in [-0.4, -0.2) is 41.8 Å². The monoisotopic (exact) mass is 313 g/mol. The van der Waals surface area contributed by atoms with Crippen LogP contribution in [0, 0.1) is 0 Å². The van der Waals surface area contributed by atoms with Gasteiger partial charge in [-0.2, -0.15) is 0 Å². The van der Waals surface area contributed by atoms with Gasteiger partial charge in [-0.25, -0.2) is 18.4 Å². The number of nitrogen functional groups attached to an aromatic ring is 1. The van der Waals surface area contributed by atoms with Crippen LogP contribution in [-0.2, 0) is 9.84 Å². The first-order valence-electron chi connectivity index (χ1n) is 6.67. The molecule has 2 rings (SSSR count). The van der Waals surface area contributed by atoms with E-state index in [2.05, 4.69) is 20.7 Å². The molecule has 0 saturated carbocycles. The van der Waals surface area contributed by atoms with Crippen LogP contribution in [0.15, 0.2) is 6.20 Å². The van der Waals surface area contributed by atoms with E-state index in [1.165, 1.54) is 6.20 Å². The minimum absolute atomic E-state index is 0.0355. The van der Waals surface area contributed by atoms with Crippen LogP contribution in [0.3, 0.4) is 0 Å². The van der Waals surface area contributed by atoms with Gasteiger partial charge >= 0.3 is 0 Å². The summed E-state index contributed by atoms with van der Waals surface area (Å²) >= 11 is 0. The van der Waals surface area contributed by atoms with E-state index in [9.17, 15) is 13.2 Å². The lowest BCUT2D eigenvalue weighted by Gasteiger charge is -2.14. The number of carbonyl (C=O) groups excluding carboxylic acids is 1. The van der Waals surface area contributed by atoms with Gasteiger partial charge in [-0.15, -0.1) is 0 Å². The van der Waals surface area contributed by atoms with E-state index in [-0.39, 0.29) is 29.2 Å². The molecule has 1 aliphatic rings. The fourth-order valence-corrected chi connectivity index (χ4v) is 3.79. The highest BCUT2D eigenvalue weighted by atomic mass is 32.2. The molecule has 9 heteroatoms. The SMILES string of the molecule is CC(C)c1ncc(NN)c(C(=O)NC2CCS(=O)(=O)C2)n1. The number of hydrazine groups is 1. The van der Waals surface area contributed by atoms with Gasteiger partial charge < -0.3 is 10.7 Å². The minimum Gasteiger partial charge on any atom is -0.347 e. The summed E-state index contributed by atoms with van der Waals surface area (Å²) in [6.07, 6.45) is 1.87. The van der Waals surface area contributed by atoms with E-state index in [0.29, 0.717) is 17.9 Å². The quantitative estimate of drug-likeness (QED) is 0.519. The Labute approximate surface area is 123 Å². The summed E-state index contributed by atoms with van der Waals surface area (Å²) in [6.45, 7) is 3.83. The first kappa shape index (κ1) is 15.6. The number of carbonyl (C=O) groups is 1. The predicted octanol–water partition coefficient (Wildman–Crippen LogP) is -0.197. The molecule has 1 fully saturated rings. The Bertz CT molecular complexity index is 644. The van der Waals surface area contributed by atoms with E-state index in [1.807, 2.05) is 13.8 Å². The summed E-state index contributed by atoms with van der Waals surface area (Å²) in [5, 5.41) is 2.69. The van der Waals surface area contributed by atoms with Crippen LogP contribution in [0.1, 0.15) is 42.5 Å². The van der Waals surface area contributed by atoms with Gasteiger partial charge in [0.2, 0.25) is 0 Å². The second-order valence-electron chi connectivity index (χ2n) is 5.36. The van der Waals surface area contributed by atoms with Crippen molar-refractivity contribution in [1.82, 2.24) is 15.3 Å². The third kappa shape index (κ3) is 3.67. The molecular weight excluding hydrogens is 294 g/mol. The molecule has 0 radical (unpaired) electrons. The number of anilines is 1. The molecule has 21 heavy (non-hydrogen) atoms. The molecule has 1 saturated heterocycles. The molecule has 0 aromatic carbocycles. The zero-order valence-electron chi connectivity index (χ0n) is 12.0. The standard InChI is InChI=1S/C12H19N5O3S/c1-7(2)11-14-5-9(17-13)10(16-11)12(18)15-8-3-4-21(19,20)6-8/h5,7-8,17H,3-4,6,13H2,1-2H3,(H,15,18). The third-order valence-corrected chi connectivity index (χ3v) is 5.03. The molecule has 1 aromatic rings. The number of sulfone groups is 1. The van der Waals surface area contributed by atoms with Crippen molar-refractivity contribution in [3.05, 3.63) is 17.7 Å². The fraction of sp³-hybridized carbons (Fsp3) is 0.583. The lowest BCUT2D eigenvalue weighted by atomic mass is 10.2. The first-order chi connectivity index (χ1) is 9.82. The molecule has 0 bridgehead atoms. The average Bonchev–Trinajstić information content (AvgIpc) is 2.76. The number of nitrogens with zero attached hydrogens (tertiary/aromatic N) is 2. The molecule has 1 aliphatic heterocycles. The molecule has 8 nitrogen and oxygen atoms in total. The molecule has 1 atom stereocenters. The van der Waals surface area contributed by atoms with Crippen molar-refractivity contribution in [3.63, 3.8) is 0 Å². The van der Waals surface area contributed by atoms with E-state index >= 15 is 0 Å². The van der Waals surface area contributed by atoms with Gasteiger partial charge in [0, 0.05) is 12.0 Å². The third-order valence-electron chi connectivity index (χ3n) is 3.26. The lowest BCUT2D eigenvalue weighted by molar-refractivity contribution is 0.0936. The fourth-order valence-electron chi connectivity index (χ4n) is 2.11. The number of hydrogen-bond acceptors (Lipinski definition) is 7. The Kier molecular flexibility index (Phi) is 4.43. The molecule has 0 spiro atoms. The van der Waals surface area contributed by atoms with Crippen molar-refractivity contribution in [2.24, 2.45) is 5.84 Å². The smallest absolute Gasteiger partial charge is 0.272 e. The number of nitrogens with two attached hydrogens (primary N) is 1. The van der Waals surface area contributed by atoms with Gasteiger partial charge in [0.15, 0.2) is 15.5 Å². The van der Waals surface area contributed by atoms with Gasteiger partial charge in [-0.3, -0.25) is 10.6 Å². The first-order valence-corrected chi connectivity index (χ1v) is 8.49. The number of amides is 1. The molecule has 0 aliphatic carbocycles. The molecule has 116 valence electrons. The number of nitrogens with one attached hydrogen (secondary N) is 2. The summed E-state index contributed by atoms with van der Waals surface area (Å²) < 4.78 is 22.8. The van der Waals surface area contributed by atoms with Crippen molar-refractivity contribution in [3.8, 4) is 0 Å². The van der Waals surface area contributed by atoms with Crippen LogP contribution in [0.25, 0.3) is 0 Å².